The number of piperidine rings is 1. The second kappa shape index (κ2) is 11.4. The number of nitrogens with one attached hydrogen (secondary N) is 1. The lowest BCUT2D eigenvalue weighted by molar-refractivity contribution is -0.126. The quantitative estimate of drug-likeness (QED) is 0.656. The molecule has 2 aliphatic heterocycles. The van der Waals surface area contributed by atoms with Crippen LogP contribution in [0.1, 0.15) is 31.7 Å². The molecule has 6 heteroatoms. The van der Waals surface area contributed by atoms with Gasteiger partial charge in [-0.1, -0.05) is 12.1 Å². The fraction of sp³-hybridized carbons (Fsp3) is 0.682. The molecule has 2 fully saturated rings. The largest absolute Gasteiger partial charge is 0.494 e. The van der Waals surface area contributed by atoms with E-state index in [0.29, 0.717) is 6.61 Å². The van der Waals surface area contributed by atoms with Crippen molar-refractivity contribution >= 4 is 5.91 Å². The van der Waals surface area contributed by atoms with Gasteiger partial charge >= 0.3 is 0 Å². The van der Waals surface area contributed by atoms with Crippen LogP contribution in [0.3, 0.4) is 0 Å². The summed E-state index contributed by atoms with van der Waals surface area (Å²) in [4.78, 5) is 17.3. The molecule has 1 amide bonds. The summed E-state index contributed by atoms with van der Waals surface area (Å²) >= 11 is 0. The minimum atomic E-state index is 0.161. The highest BCUT2D eigenvalue weighted by Gasteiger charge is 2.24. The summed E-state index contributed by atoms with van der Waals surface area (Å²) < 4.78 is 11.0. The average molecular weight is 390 g/mol. The first-order chi connectivity index (χ1) is 13.7. The summed E-state index contributed by atoms with van der Waals surface area (Å²) in [7, 11) is 0. The van der Waals surface area contributed by atoms with E-state index in [0.717, 1.165) is 84.0 Å². The highest BCUT2D eigenvalue weighted by molar-refractivity contribution is 5.78. The molecule has 1 aromatic rings. The Kier molecular flexibility index (Phi) is 8.58. The molecular weight excluding hydrogens is 354 g/mol. The predicted molar refractivity (Wildman–Crippen MR) is 110 cm³/mol. The summed E-state index contributed by atoms with van der Waals surface area (Å²) in [6.07, 6.45) is 2.90. The third-order valence-corrected chi connectivity index (χ3v) is 5.63. The lowest BCUT2D eigenvalue weighted by atomic mass is 9.95. The molecule has 0 unspecified atom stereocenters. The number of likely N-dealkylation sites (tertiary alicyclic amines) is 1. The SMILES string of the molecule is CCOc1cccc(CN2CCC(C(=O)NCCCN3CCOCC3)CC2)c1. The van der Waals surface area contributed by atoms with Gasteiger partial charge in [-0.15, -0.1) is 0 Å². The summed E-state index contributed by atoms with van der Waals surface area (Å²) in [6.45, 7) is 11.1. The highest BCUT2D eigenvalue weighted by Crippen LogP contribution is 2.21. The van der Waals surface area contributed by atoms with Gasteiger partial charge in [0, 0.05) is 32.1 Å². The van der Waals surface area contributed by atoms with Gasteiger partial charge in [0.15, 0.2) is 0 Å². The van der Waals surface area contributed by atoms with E-state index in [4.69, 9.17) is 9.47 Å². The number of hydrogen-bond acceptors (Lipinski definition) is 5. The number of amides is 1. The molecule has 0 saturated carbocycles. The molecule has 28 heavy (non-hydrogen) atoms. The van der Waals surface area contributed by atoms with Crippen LogP contribution in [0.15, 0.2) is 24.3 Å². The average Bonchev–Trinajstić information content (AvgIpc) is 2.73. The summed E-state index contributed by atoms with van der Waals surface area (Å²) in [6, 6.07) is 8.33. The molecule has 2 saturated heterocycles. The van der Waals surface area contributed by atoms with Crippen LogP contribution in [0.25, 0.3) is 0 Å². The first-order valence-electron chi connectivity index (χ1n) is 10.8. The Balaban J connectivity index is 1.31. The van der Waals surface area contributed by atoms with Gasteiger partial charge in [0.05, 0.1) is 19.8 Å². The normalized spacial score (nSPS) is 19.5. The van der Waals surface area contributed by atoms with Crippen molar-refractivity contribution in [3.63, 3.8) is 0 Å². The van der Waals surface area contributed by atoms with Crippen molar-refractivity contribution < 1.29 is 14.3 Å². The van der Waals surface area contributed by atoms with Gasteiger partial charge < -0.3 is 14.8 Å². The molecule has 0 atom stereocenters. The zero-order valence-electron chi connectivity index (χ0n) is 17.2. The van der Waals surface area contributed by atoms with E-state index >= 15 is 0 Å². The first kappa shape index (κ1) is 21.1. The highest BCUT2D eigenvalue weighted by atomic mass is 16.5. The van der Waals surface area contributed by atoms with E-state index in [2.05, 4.69) is 33.3 Å². The zero-order chi connectivity index (χ0) is 19.6. The number of ether oxygens (including phenoxy) is 2. The molecule has 3 rings (SSSR count). The fourth-order valence-electron chi connectivity index (χ4n) is 4.00. The monoisotopic (exact) mass is 389 g/mol. The van der Waals surface area contributed by atoms with Crippen molar-refractivity contribution in [2.24, 2.45) is 5.92 Å². The molecule has 2 aliphatic rings. The number of nitrogens with zero attached hydrogens (tertiary/aromatic N) is 2. The Labute approximate surface area is 169 Å². The Morgan fingerprint density at radius 2 is 1.96 bits per heavy atom. The van der Waals surface area contributed by atoms with E-state index in [1.807, 2.05) is 13.0 Å². The van der Waals surface area contributed by atoms with Crippen LogP contribution in [-0.4, -0.2) is 74.8 Å². The summed E-state index contributed by atoms with van der Waals surface area (Å²) in [5.41, 5.74) is 1.27. The van der Waals surface area contributed by atoms with Crippen LogP contribution in [0, 0.1) is 5.92 Å². The molecule has 0 bridgehead atoms. The molecule has 1 N–H and O–H groups in total. The van der Waals surface area contributed by atoms with Crippen LogP contribution in [0.2, 0.25) is 0 Å². The molecule has 0 spiro atoms. The van der Waals surface area contributed by atoms with E-state index in [9.17, 15) is 4.79 Å². The standard InChI is InChI=1S/C22H35N3O3/c1-2-28-21-6-3-5-19(17-21)18-25-11-7-20(8-12-25)22(26)23-9-4-10-24-13-15-27-16-14-24/h3,5-6,17,20H,2,4,7-16,18H2,1H3,(H,23,26). The molecule has 0 aromatic heterocycles. The lowest BCUT2D eigenvalue weighted by Crippen LogP contribution is -2.41. The van der Waals surface area contributed by atoms with Gasteiger partial charge in [0.1, 0.15) is 5.75 Å². The number of hydrogen-bond donors (Lipinski definition) is 1. The van der Waals surface area contributed by atoms with Crippen molar-refractivity contribution in [2.45, 2.75) is 32.7 Å². The first-order valence-corrected chi connectivity index (χ1v) is 10.8. The molecule has 1 aromatic carbocycles. The Hall–Kier alpha value is -1.63. The maximum absolute atomic E-state index is 12.5. The van der Waals surface area contributed by atoms with Crippen LogP contribution >= 0.6 is 0 Å². The van der Waals surface area contributed by atoms with Gasteiger partial charge in [-0.25, -0.2) is 0 Å². The van der Waals surface area contributed by atoms with E-state index in [-0.39, 0.29) is 11.8 Å². The van der Waals surface area contributed by atoms with Crippen molar-refractivity contribution in [2.75, 3.05) is 59.1 Å². The van der Waals surface area contributed by atoms with Gasteiger partial charge in [0.2, 0.25) is 5.91 Å². The summed E-state index contributed by atoms with van der Waals surface area (Å²) in [5.74, 6) is 1.33. The third-order valence-electron chi connectivity index (χ3n) is 5.63. The van der Waals surface area contributed by atoms with Crippen LogP contribution in [-0.2, 0) is 16.1 Å². The van der Waals surface area contributed by atoms with E-state index < -0.39 is 0 Å². The minimum absolute atomic E-state index is 0.161. The lowest BCUT2D eigenvalue weighted by Gasteiger charge is -2.31. The second-order valence-electron chi connectivity index (χ2n) is 7.73. The van der Waals surface area contributed by atoms with Gasteiger partial charge in [-0.05, 0) is 63.5 Å². The topological polar surface area (TPSA) is 54.0 Å². The van der Waals surface area contributed by atoms with Gasteiger partial charge in [0.25, 0.3) is 0 Å². The zero-order valence-corrected chi connectivity index (χ0v) is 17.2. The van der Waals surface area contributed by atoms with Gasteiger partial charge in [-0.3, -0.25) is 14.6 Å². The maximum Gasteiger partial charge on any atom is 0.223 e. The number of morpholine rings is 1. The van der Waals surface area contributed by atoms with Crippen molar-refractivity contribution in [3.05, 3.63) is 29.8 Å². The second-order valence-corrected chi connectivity index (χ2v) is 7.73. The predicted octanol–water partition coefficient (Wildman–Crippen LogP) is 2.14. The Morgan fingerprint density at radius 3 is 2.71 bits per heavy atom. The smallest absolute Gasteiger partial charge is 0.223 e. The van der Waals surface area contributed by atoms with Crippen molar-refractivity contribution in [3.8, 4) is 5.75 Å². The Bertz CT molecular complexity index is 596. The minimum Gasteiger partial charge on any atom is -0.494 e. The Morgan fingerprint density at radius 1 is 1.18 bits per heavy atom. The van der Waals surface area contributed by atoms with E-state index in [1.54, 1.807) is 0 Å². The summed E-state index contributed by atoms with van der Waals surface area (Å²) in [5, 5.41) is 3.15. The fourth-order valence-corrected chi connectivity index (χ4v) is 4.00. The molecule has 0 radical (unpaired) electrons. The molecular formula is C22H35N3O3. The number of carbonyl (C=O) groups excluding carboxylic acids is 1. The number of rotatable bonds is 9. The van der Waals surface area contributed by atoms with Crippen molar-refractivity contribution in [1.82, 2.24) is 15.1 Å². The molecule has 0 aliphatic carbocycles. The molecule has 2 heterocycles. The van der Waals surface area contributed by atoms with Crippen LogP contribution < -0.4 is 10.1 Å². The van der Waals surface area contributed by atoms with Crippen LogP contribution in [0.4, 0.5) is 0 Å². The molecule has 156 valence electrons. The maximum atomic E-state index is 12.5. The van der Waals surface area contributed by atoms with Crippen LogP contribution in [0.5, 0.6) is 5.75 Å². The molecule has 6 nitrogen and oxygen atoms in total. The number of benzene rings is 1. The van der Waals surface area contributed by atoms with Crippen molar-refractivity contribution in [1.29, 1.82) is 0 Å². The number of carbonyl (C=O) groups is 1. The van der Waals surface area contributed by atoms with E-state index in [1.165, 1.54) is 5.56 Å². The van der Waals surface area contributed by atoms with Gasteiger partial charge in [-0.2, -0.15) is 0 Å². The third kappa shape index (κ3) is 6.76.